The number of piperidine rings is 1. The Bertz CT molecular complexity index is 237. The average molecular weight is 241 g/mol. The van der Waals surface area contributed by atoms with Crippen LogP contribution in [0.3, 0.4) is 0 Å². The van der Waals surface area contributed by atoms with E-state index < -0.39 is 0 Å². The Morgan fingerprint density at radius 1 is 1.47 bits per heavy atom. The number of carbonyl (C=O) groups excluding carboxylic acids is 1. The van der Waals surface area contributed by atoms with Crippen LogP contribution in [0.5, 0.6) is 0 Å². The Morgan fingerprint density at radius 2 is 2.06 bits per heavy atom. The summed E-state index contributed by atoms with van der Waals surface area (Å²) in [5, 5.41) is 0. The first-order valence-corrected chi connectivity index (χ1v) is 6.75. The topological polar surface area (TPSA) is 49.6 Å². The molecule has 0 radical (unpaired) electrons. The molecule has 1 aliphatic heterocycles. The fraction of sp³-hybridized carbons (Fsp3) is 0.923. The summed E-state index contributed by atoms with van der Waals surface area (Å²) in [6.45, 7) is 4.75. The van der Waals surface area contributed by atoms with Crippen molar-refractivity contribution < 1.29 is 4.79 Å². The summed E-state index contributed by atoms with van der Waals surface area (Å²) in [6, 6.07) is 0.407. The molecule has 0 spiro atoms. The van der Waals surface area contributed by atoms with E-state index in [1.807, 2.05) is 11.9 Å². The van der Waals surface area contributed by atoms with Gasteiger partial charge in [0.1, 0.15) is 0 Å². The van der Waals surface area contributed by atoms with Gasteiger partial charge in [-0.15, -0.1) is 0 Å². The normalized spacial score (nSPS) is 20.2. The highest BCUT2D eigenvalue weighted by Gasteiger charge is 2.27. The maximum Gasteiger partial charge on any atom is 0.226 e. The van der Waals surface area contributed by atoms with E-state index in [2.05, 4.69) is 18.9 Å². The standard InChI is InChI=1S/C13H27N3O/c1-4-5-11(10-14)13(17)16(3)12-6-8-15(2)9-7-12/h11-12H,4-10,14H2,1-3H3. The van der Waals surface area contributed by atoms with Crippen molar-refractivity contribution in [2.75, 3.05) is 33.7 Å². The number of hydrogen-bond donors (Lipinski definition) is 1. The Hall–Kier alpha value is -0.610. The van der Waals surface area contributed by atoms with Crippen LogP contribution in [0.25, 0.3) is 0 Å². The highest BCUT2D eigenvalue weighted by Crippen LogP contribution is 2.17. The summed E-state index contributed by atoms with van der Waals surface area (Å²) in [5.74, 6) is 0.258. The van der Waals surface area contributed by atoms with Gasteiger partial charge in [0.05, 0.1) is 5.92 Å². The molecule has 0 aromatic rings. The first kappa shape index (κ1) is 14.5. The van der Waals surface area contributed by atoms with E-state index in [-0.39, 0.29) is 11.8 Å². The van der Waals surface area contributed by atoms with Gasteiger partial charge in [-0.2, -0.15) is 0 Å². The predicted molar refractivity (Wildman–Crippen MR) is 70.7 cm³/mol. The SMILES string of the molecule is CCCC(CN)C(=O)N(C)C1CCN(C)CC1. The molecule has 0 aliphatic carbocycles. The van der Waals surface area contributed by atoms with E-state index in [4.69, 9.17) is 5.73 Å². The summed E-state index contributed by atoms with van der Waals surface area (Å²) in [4.78, 5) is 16.5. The Morgan fingerprint density at radius 3 is 2.53 bits per heavy atom. The van der Waals surface area contributed by atoms with Gasteiger partial charge in [0.2, 0.25) is 5.91 Å². The number of hydrogen-bond acceptors (Lipinski definition) is 3. The van der Waals surface area contributed by atoms with Crippen molar-refractivity contribution in [2.45, 2.75) is 38.6 Å². The molecule has 2 N–H and O–H groups in total. The quantitative estimate of drug-likeness (QED) is 0.778. The molecule has 17 heavy (non-hydrogen) atoms. The van der Waals surface area contributed by atoms with Crippen molar-refractivity contribution >= 4 is 5.91 Å². The monoisotopic (exact) mass is 241 g/mol. The van der Waals surface area contributed by atoms with Gasteiger partial charge in [0.15, 0.2) is 0 Å². The van der Waals surface area contributed by atoms with Crippen LogP contribution < -0.4 is 5.73 Å². The Labute approximate surface area is 105 Å². The number of likely N-dealkylation sites (tertiary alicyclic amines) is 1. The van der Waals surface area contributed by atoms with Crippen LogP contribution in [0, 0.1) is 5.92 Å². The molecule has 1 rings (SSSR count). The zero-order valence-electron chi connectivity index (χ0n) is 11.5. The van der Waals surface area contributed by atoms with E-state index in [1.165, 1.54) is 0 Å². The van der Waals surface area contributed by atoms with Crippen LogP contribution in [0.15, 0.2) is 0 Å². The highest BCUT2D eigenvalue weighted by molar-refractivity contribution is 5.79. The third-order valence-corrected chi connectivity index (χ3v) is 3.85. The number of nitrogens with zero attached hydrogens (tertiary/aromatic N) is 2. The van der Waals surface area contributed by atoms with Crippen molar-refractivity contribution in [2.24, 2.45) is 11.7 Å². The van der Waals surface area contributed by atoms with E-state index >= 15 is 0 Å². The summed E-state index contributed by atoms with van der Waals surface area (Å²) < 4.78 is 0. The minimum Gasteiger partial charge on any atom is -0.342 e. The molecule has 0 bridgehead atoms. The minimum atomic E-state index is 0.0182. The third kappa shape index (κ3) is 3.96. The second-order valence-electron chi connectivity index (χ2n) is 5.20. The van der Waals surface area contributed by atoms with E-state index in [1.54, 1.807) is 0 Å². The minimum absolute atomic E-state index is 0.0182. The van der Waals surface area contributed by atoms with Gasteiger partial charge in [-0.3, -0.25) is 4.79 Å². The summed E-state index contributed by atoms with van der Waals surface area (Å²) in [5.41, 5.74) is 5.69. The van der Waals surface area contributed by atoms with Gasteiger partial charge in [0.25, 0.3) is 0 Å². The smallest absolute Gasteiger partial charge is 0.226 e. The zero-order valence-corrected chi connectivity index (χ0v) is 11.5. The van der Waals surface area contributed by atoms with Crippen molar-refractivity contribution in [1.82, 2.24) is 9.80 Å². The van der Waals surface area contributed by atoms with Gasteiger partial charge >= 0.3 is 0 Å². The first-order valence-electron chi connectivity index (χ1n) is 6.75. The van der Waals surface area contributed by atoms with Crippen LogP contribution in [-0.4, -0.2) is 55.5 Å². The van der Waals surface area contributed by atoms with Gasteiger partial charge in [-0.05, 0) is 39.4 Å². The van der Waals surface area contributed by atoms with Crippen molar-refractivity contribution in [1.29, 1.82) is 0 Å². The fourth-order valence-electron chi connectivity index (χ4n) is 2.54. The summed E-state index contributed by atoms with van der Waals surface area (Å²) in [6.07, 6.45) is 4.10. The molecule has 1 aliphatic rings. The van der Waals surface area contributed by atoms with Crippen LogP contribution >= 0.6 is 0 Å². The lowest BCUT2D eigenvalue weighted by Gasteiger charge is -2.36. The molecule has 100 valence electrons. The molecule has 1 saturated heterocycles. The second-order valence-corrected chi connectivity index (χ2v) is 5.20. The molecule has 1 fully saturated rings. The number of rotatable bonds is 5. The van der Waals surface area contributed by atoms with Crippen LogP contribution in [0.4, 0.5) is 0 Å². The molecule has 1 atom stereocenters. The Kier molecular flexibility index (Phi) is 5.92. The van der Waals surface area contributed by atoms with E-state index in [0.717, 1.165) is 38.8 Å². The Balaban J connectivity index is 2.50. The number of nitrogens with two attached hydrogens (primary N) is 1. The van der Waals surface area contributed by atoms with Crippen LogP contribution in [0.1, 0.15) is 32.6 Å². The number of amides is 1. The van der Waals surface area contributed by atoms with Crippen LogP contribution in [0.2, 0.25) is 0 Å². The molecule has 0 saturated carbocycles. The van der Waals surface area contributed by atoms with Gasteiger partial charge in [0, 0.05) is 19.6 Å². The summed E-state index contributed by atoms with van der Waals surface area (Å²) in [7, 11) is 4.08. The molecule has 1 heterocycles. The fourth-order valence-corrected chi connectivity index (χ4v) is 2.54. The van der Waals surface area contributed by atoms with Crippen molar-refractivity contribution in [3.63, 3.8) is 0 Å². The molecular weight excluding hydrogens is 214 g/mol. The number of carbonyl (C=O) groups is 1. The molecular formula is C13H27N3O. The lowest BCUT2D eigenvalue weighted by atomic mass is 9.98. The first-order chi connectivity index (χ1) is 8.10. The van der Waals surface area contributed by atoms with Crippen LogP contribution in [-0.2, 0) is 4.79 Å². The molecule has 1 amide bonds. The van der Waals surface area contributed by atoms with E-state index in [9.17, 15) is 4.79 Å². The maximum absolute atomic E-state index is 12.3. The molecule has 0 aromatic carbocycles. The van der Waals surface area contributed by atoms with E-state index in [0.29, 0.717) is 12.6 Å². The second kappa shape index (κ2) is 6.97. The van der Waals surface area contributed by atoms with Crippen molar-refractivity contribution in [3.05, 3.63) is 0 Å². The average Bonchev–Trinajstić information content (AvgIpc) is 2.35. The third-order valence-electron chi connectivity index (χ3n) is 3.85. The molecule has 4 nitrogen and oxygen atoms in total. The lowest BCUT2D eigenvalue weighted by molar-refractivity contribution is -0.137. The lowest BCUT2D eigenvalue weighted by Crippen LogP contribution is -2.47. The molecule has 0 aromatic heterocycles. The highest BCUT2D eigenvalue weighted by atomic mass is 16.2. The maximum atomic E-state index is 12.3. The van der Waals surface area contributed by atoms with Crippen molar-refractivity contribution in [3.8, 4) is 0 Å². The largest absolute Gasteiger partial charge is 0.342 e. The zero-order chi connectivity index (χ0) is 12.8. The molecule has 1 unspecified atom stereocenters. The van der Waals surface area contributed by atoms with Gasteiger partial charge in [-0.25, -0.2) is 0 Å². The summed E-state index contributed by atoms with van der Waals surface area (Å²) >= 11 is 0. The van der Waals surface area contributed by atoms with Gasteiger partial charge < -0.3 is 15.5 Å². The predicted octanol–water partition coefficient (Wildman–Crippen LogP) is 0.914. The van der Waals surface area contributed by atoms with Gasteiger partial charge in [-0.1, -0.05) is 13.3 Å². The molecule has 4 heteroatoms.